The first-order valence-corrected chi connectivity index (χ1v) is 9.00. The van der Waals surface area contributed by atoms with Crippen molar-refractivity contribution in [1.82, 2.24) is 15.1 Å². The summed E-state index contributed by atoms with van der Waals surface area (Å²) in [5.41, 5.74) is 0.404. The highest BCUT2D eigenvalue weighted by Gasteiger charge is 2.42. The summed E-state index contributed by atoms with van der Waals surface area (Å²) in [7, 11) is 2.23. The van der Waals surface area contributed by atoms with Gasteiger partial charge in [-0.25, -0.2) is 0 Å². The van der Waals surface area contributed by atoms with Crippen LogP contribution in [0, 0.1) is 11.3 Å². The van der Waals surface area contributed by atoms with Crippen LogP contribution in [0.15, 0.2) is 4.99 Å². The van der Waals surface area contributed by atoms with E-state index >= 15 is 0 Å². The molecule has 5 nitrogen and oxygen atoms in total. The van der Waals surface area contributed by atoms with E-state index in [1.807, 2.05) is 0 Å². The third-order valence-electron chi connectivity index (χ3n) is 5.48. The third-order valence-corrected chi connectivity index (χ3v) is 5.48. The molecule has 0 amide bonds. The van der Waals surface area contributed by atoms with Gasteiger partial charge in [-0.3, -0.25) is 4.99 Å². The standard InChI is InChI=1S/C17H32N4O/c1-3-18-16(19-11-15-5-4-8-20(2)12-15)21-9-6-17(13-21)7-10-22-14-17/h15H,3-14H2,1-2H3,(H,18,19). The molecule has 2 unspecified atom stereocenters. The Morgan fingerprint density at radius 3 is 3.00 bits per heavy atom. The van der Waals surface area contributed by atoms with Crippen molar-refractivity contribution >= 4 is 5.96 Å². The predicted molar refractivity (Wildman–Crippen MR) is 90.3 cm³/mol. The van der Waals surface area contributed by atoms with Gasteiger partial charge in [0, 0.05) is 44.7 Å². The van der Waals surface area contributed by atoms with Crippen LogP contribution in [0.25, 0.3) is 0 Å². The Labute approximate surface area is 135 Å². The average molecular weight is 308 g/mol. The smallest absolute Gasteiger partial charge is 0.193 e. The van der Waals surface area contributed by atoms with Gasteiger partial charge in [0.15, 0.2) is 5.96 Å². The molecule has 2 atom stereocenters. The zero-order valence-electron chi connectivity index (χ0n) is 14.3. The molecule has 3 heterocycles. The number of hydrogen-bond acceptors (Lipinski definition) is 3. The van der Waals surface area contributed by atoms with Crippen molar-refractivity contribution in [3.8, 4) is 0 Å². The van der Waals surface area contributed by atoms with Crippen molar-refractivity contribution in [3.05, 3.63) is 0 Å². The van der Waals surface area contributed by atoms with Gasteiger partial charge < -0.3 is 19.9 Å². The second-order valence-electron chi connectivity index (χ2n) is 7.44. The molecule has 3 aliphatic rings. The number of aliphatic imine (C=N–C) groups is 1. The third kappa shape index (κ3) is 3.74. The lowest BCUT2D eigenvalue weighted by Crippen LogP contribution is -2.42. The number of nitrogens with one attached hydrogen (secondary N) is 1. The average Bonchev–Trinajstić information content (AvgIpc) is 3.14. The summed E-state index contributed by atoms with van der Waals surface area (Å²) in [4.78, 5) is 9.88. The molecule has 22 heavy (non-hydrogen) atoms. The van der Waals surface area contributed by atoms with E-state index in [4.69, 9.17) is 9.73 Å². The molecule has 0 aliphatic carbocycles. The van der Waals surface area contributed by atoms with Gasteiger partial charge in [0.2, 0.25) is 0 Å². The number of rotatable bonds is 3. The van der Waals surface area contributed by atoms with E-state index in [1.165, 1.54) is 38.8 Å². The molecule has 0 aromatic rings. The topological polar surface area (TPSA) is 40.1 Å². The minimum absolute atomic E-state index is 0.404. The normalized spacial score (nSPS) is 33.8. The molecule has 0 saturated carbocycles. The molecule has 3 saturated heterocycles. The Hall–Kier alpha value is -0.810. The van der Waals surface area contributed by atoms with E-state index in [0.717, 1.165) is 51.3 Å². The van der Waals surface area contributed by atoms with Crippen LogP contribution in [-0.4, -0.2) is 75.3 Å². The van der Waals surface area contributed by atoms with Crippen molar-refractivity contribution in [2.75, 3.05) is 59.5 Å². The fourth-order valence-electron chi connectivity index (χ4n) is 4.15. The van der Waals surface area contributed by atoms with Gasteiger partial charge >= 0.3 is 0 Å². The highest BCUT2D eigenvalue weighted by atomic mass is 16.5. The number of ether oxygens (including phenoxy) is 1. The quantitative estimate of drug-likeness (QED) is 0.632. The second-order valence-corrected chi connectivity index (χ2v) is 7.44. The van der Waals surface area contributed by atoms with E-state index < -0.39 is 0 Å². The first-order chi connectivity index (χ1) is 10.7. The molecule has 0 radical (unpaired) electrons. The maximum Gasteiger partial charge on any atom is 0.193 e. The lowest BCUT2D eigenvalue weighted by Gasteiger charge is -2.29. The van der Waals surface area contributed by atoms with Crippen LogP contribution in [0.4, 0.5) is 0 Å². The summed E-state index contributed by atoms with van der Waals surface area (Å²) in [6.45, 7) is 10.6. The SMILES string of the molecule is CCNC(=NCC1CCCN(C)C1)N1CCC2(CCOC2)C1. The molecule has 3 rings (SSSR count). The summed E-state index contributed by atoms with van der Waals surface area (Å²) in [5.74, 6) is 1.85. The first-order valence-electron chi connectivity index (χ1n) is 9.00. The lowest BCUT2D eigenvalue weighted by molar-refractivity contribution is 0.156. The van der Waals surface area contributed by atoms with E-state index in [0.29, 0.717) is 5.41 Å². The molecule has 5 heteroatoms. The molecule has 126 valence electrons. The van der Waals surface area contributed by atoms with E-state index in [1.54, 1.807) is 0 Å². The lowest BCUT2D eigenvalue weighted by atomic mass is 9.87. The number of piperidine rings is 1. The van der Waals surface area contributed by atoms with Gasteiger partial charge in [-0.15, -0.1) is 0 Å². The largest absolute Gasteiger partial charge is 0.381 e. The van der Waals surface area contributed by atoms with Crippen molar-refractivity contribution in [2.45, 2.75) is 32.6 Å². The minimum atomic E-state index is 0.404. The Balaban J connectivity index is 1.58. The highest BCUT2D eigenvalue weighted by Crippen LogP contribution is 2.38. The Morgan fingerprint density at radius 1 is 1.36 bits per heavy atom. The molecule has 0 bridgehead atoms. The maximum atomic E-state index is 5.64. The number of guanidine groups is 1. The van der Waals surface area contributed by atoms with Gasteiger partial charge in [0.25, 0.3) is 0 Å². The van der Waals surface area contributed by atoms with E-state index in [-0.39, 0.29) is 0 Å². The summed E-state index contributed by atoms with van der Waals surface area (Å²) >= 11 is 0. The van der Waals surface area contributed by atoms with Gasteiger partial charge in [-0.05, 0) is 52.1 Å². The zero-order valence-corrected chi connectivity index (χ0v) is 14.3. The van der Waals surface area contributed by atoms with Crippen LogP contribution < -0.4 is 5.32 Å². The van der Waals surface area contributed by atoms with E-state index in [9.17, 15) is 0 Å². The van der Waals surface area contributed by atoms with Crippen molar-refractivity contribution < 1.29 is 4.74 Å². The van der Waals surface area contributed by atoms with Crippen LogP contribution >= 0.6 is 0 Å². The highest BCUT2D eigenvalue weighted by molar-refractivity contribution is 5.80. The van der Waals surface area contributed by atoms with Crippen molar-refractivity contribution in [1.29, 1.82) is 0 Å². The van der Waals surface area contributed by atoms with Crippen LogP contribution in [0.1, 0.15) is 32.6 Å². The second kappa shape index (κ2) is 7.18. The molecular formula is C17H32N4O. The monoisotopic (exact) mass is 308 g/mol. The van der Waals surface area contributed by atoms with Crippen molar-refractivity contribution in [3.63, 3.8) is 0 Å². The van der Waals surface area contributed by atoms with Crippen LogP contribution in [0.2, 0.25) is 0 Å². The van der Waals surface area contributed by atoms with Gasteiger partial charge in [-0.1, -0.05) is 0 Å². The summed E-state index contributed by atoms with van der Waals surface area (Å²) in [6.07, 6.45) is 5.11. The van der Waals surface area contributed by atoms with Crippen LogP contribution in [0.3, 0.4) is 0 Å². The Kier molecular flexibility index (Phi) is 5.24. The van der Waals surface area contributed by atoms with E-state index in [2.05, 4.69) is 29.1 Å². The molecule has 0 aromatic heterocycles. The van der Waals surface area contributed by atoms with Crippen LogP contribution in [0.5, 0.6) is 0 Å². The molecule has 0 aromatic carbocycles. The minimum Gasteiger partial charge on any atom is -0.381 e. The Morgan fingerprint density at radius 2 is 2.27 bits per heavy atom. The number of nitrogens with zero attached hydrogens (tertiary/aromatic N) is 3. The predicted octanol–water partition coefficient (Wildman–Crippen LogP) is 1.41. The summed E-state index contributed by atoms with van der Waals surface area (Å²) in [6, 6.07) is 0. The van der Waals surface area contributed by atoms with Gasteiger partial charge in [0.1, 0.15) is 0 Å². The summed E-state index contributed by atoms with van der Waals surface area (Å²) in [5, 5.41) is 3.50. The van der Waals surface area contributed by atoms with Crippen LogP contribution in [-0.2, 0) is 4.74 Å². The molecule has 3 fully saturated rings. The number of hydrogen-bond donors (Lipinski definition) is 1. The summed E-state index contributed by atoms with van der Waals surface area (Å²) < 4.78 is 5.64. The molecule has 1 N–H and O–H groups in total. The Bertz CT molecular complexity index is 392. The fourth-order valence-corrected chi connectivity index (χ4v) is 4.15. The van der Waals surface area contributed by atoms with Crippen molar-refractivity contribution in [2.24, 2.45) is 16.3 Å². The maximum absolute atomic E-state index is 5.64. The van der Waals surface area contributed by atoms with Gasteiger partial charge in [0.05, 0.1) is 6.61 Å². The van der Waals surface area contributed by atoms with Gasteiger partial charge in [-0.2, -0.15) is 0 Å². The number of likely N-dealkylation sites (tertiary alicyclic amines) is 2. The zero-order chi connectivity index (χ0) is 15.4. The molecule has 3 aliphatic heterocycles. The fraction of sp³-hybridized carbons (Fsp3) is 0.941. The molecular weight excluding hydrogens is 276 g/mol. The molecule has 1 spiro atoms. The first kappa shape index (κ1) is 16.1.